The number of rotatable bonds is 4. The first-order valence-corrected chi connectivity index (χ1v) is 9.33. The van der Waals surface area contributed by atoms with E-state index in [0.29, 0.717) is 6.42 Å². The summed E-state index contributed by atoms with van der Waals surface area (Å²) in [6, 6.07) is 12.0. The molecule has 0 spiro atoms. The molecule has 1 unspecified atom stereocenters. The smallest absolute Gasteiger partial charge is 0.222 e. The summed E-state index contributed by atoms with van der Waals surface area (Å²) in [5.74, 6) is 1.22. The second kappa shape index (κ2) is 6.77. The SMILES string of the molecule is O=C(CCc1cccs1)N1CCCC(c2nc3ccccc3o2)C1. The highest BCUT2D eigenvalue weighted by molar-refractivity contribution is 7.09. The molecule has 5 heteroatoms. The van der Waals surface area contributed by atoms with Gasteiger partial charge in [-0.1, -0.05) is 18.2 Å². The van der Waals surface area contributed by atoms with E-state index in [4.69, 9.17) is 4.42 Å². The number of benzene rings is 1. The Morgan fingerprint density at radius 2 is 2.21 bits per heavy atom. The number of carbonyl (C=O) groups is 1. The zero-order valence-electron chi connectivity index (χ0n) is 13.5. The molecule has 3 aromatic rings. The molecule has 124 valence electrons. The van der Waals surface area contributed by atoms with Gasteiger partial charge in [-0.05, 0) is 42.8 Å². The van der Waals surface area contributed by atoms with Gasteiger partial charge in [-0.25, -0.2) is 4.98 Å². The fourth-order valence-electron chi connectivity index (χ4n) is 3.31. The van der Waals surface area contributed by atoms with Crippen molar-refractivity contribution in [1.29, 1.82) is 0 Å². The summed E-state index contributed by atoms with van der Waals surface area (Å²) in [5, 5.41) is 2.06. The van der Waals surface area contributed by atoms with E-state index in [1.54, 1.807) is 11.3 Å². The quantitative estimate of drug-likeness (QED) is 0.714. The van der Waals surface area contributed by atoms with E-state index in [1.807, 2.05) is 35.2 Å². The van der Waals surface area contributed by atoms with Gasteiger partial charge in [0.05, 0.1) is 5.92 Å². The molecule has 24 heavy (non-hydrogen) atoms. The van der Waals surface area contributed by atoms with Crippen LogP contribution in [0.25, 0.3) is 11.1 Å². The molecular formula is C19H20N2O2S. The molecule has 1 atom stereocenters. The molecule has 0 aliphatic carbocycles. The summed E-state index contributed by atoms with van der Waals surface area (Å²) in [4.78, 5) is 20.4. The predicted octanol–water partition coefficient (Wildman–Crippen LogP) is 4.23. The number of amides is 1. The van der Waals surface area contributed by atoms with Gasteiger partial charge in [-0.2, -0.15) is 0 Å². The zero-order valence-corrected chi connectivity index (χ0v) is 14.3. The minimum Gasteiger partial charge on any atom is -0.440 e. The van der Waals surface area contributed by atoms with Crippen molar-refractivity contribution in [3.05, 3.63) is 52.5 Å². The van der Waals surface area contributed by atoms with Gasteiger partial charge in [0.25, 0.3) is 0 Å². The minimum atomic E-state index is 0.205. The lowest BCUT2D eigenvalue weighted by Crippen LogP contribution is -2.39. The third kappa shape index (κ3) is 3.22. The van der Waals surface area contributed by atoms with E-state index in [-0.39, 0.29) is 11.8 Å². The van der Waals surface area contributed by atoms with Gasteiger partial charge in [0.2, 0.25) is 5.91 Å². The molecule has 4 rings (SSSR count). The van der Waals surface area contributed by atoms with Gasteiger partial charge in [0, 0.05) is 24.4 Å². The number of nitrogens with zero attached hydrogens (tertiary/aromatic N) is 2. The van der Waals surface area contributed by atoms with Crippen LogP contribution in [0.3, 0.4) is 0 Å². The van der Waals surface area contributed by atoms with Gasteiger partial charge >= 0.3 is 0 Å². The third-order valence-electron chi connectivity index (χ3n) is 4.60. The van der Waals surface area contributed by atoms with Gasteiger partial charge < -0.3 is 9.32 Å². The highest BCUT2D eigenvalue weighted by atomic mass is 32.1. The van der Waals surface area contributed by atoms with Crippen LogP contribution in [-0.2, 0) is 11.2 Å². The lowest BCUT2D eigenvalue weighted by Gasteiger charge is -2.31. The third-order valence-corrected chi connectivity index (χ3v) is 5.54. The maximum Gasteiger partial charge on any atom is 0.222 e. The summed E-state index contributed by atoms with van der Waals surface area (Å²) in [7, 11) is 0. The Hall–Kier alpha value is -2.14. The van der Waals surface area contributed by atoms with Crippen LogP contribution < -0.4 is 0 Å². The van der Waals surface area contributed by atoms with Crippen LogP contribution >= 0.6 is 11.3 Å². The number of hydrogen-bond donors (Lipinski definition) is 0. The molecule has 2 aromatic heterocycles. The van der Waals surface area contributed by atoms with E-state index in [9.17, 15) is 4.79 Å². The normalized spacial score (nSPS) is 18.2. The van der Waals surface area contributed by atoms with Crippen molar-refractivity contribution in [2.75, 3.05) is 13.1 Å². The molecule has 1 aromatic carbocycles. The van der Waals surface area contributed by atoms with Crippen molar-refractivity contribution >= 4 is 28.3 Å². The Labute approximate surface area is 145 Å². The maximum atomic E-state index is 12.5. The number of thiophene rings is 1. The molecule has 0 radical (unpaired) electrons. The minimum absolute atomic E-state index is 0.205. The number of piperidine rings is 1. The highest BCUT2D eigenvalue weighted by Gasteiger charge is 2.27. The molecule has 0 bridgehead atoms. The van der Waals surface area contributed by atoms with Gasteiger partial charge in [-0.3, -0.25) is 4.79 Å². The van der Waals surface area contributed by atoms with Gasteiger partial charge in [-0.15, -0.1) is 11.3 Å². The van der Waals surface area contributed by atoms with Crippen LogP contribution in [0, 0.1) is 0 Å². The van der Waals surface area contributed by atoms with Crippen LogP contribution in [0.15, 0.2) is 46.2 Å². The molecule has 0 saturated carbocycles. The fourth-order valence-corrected chi connectivity index (χ4v) is 4.02. The summed E-state index contributed by atoms with van der Waals surface area (Å²) in [5.41, 5.74) is 1.72. The Bertz CT molecular complexity index is 792. The molecule has 1 aliphatic heterocycles. The summed E-state index contributed by atoms with van der Waals surface area (Å²) < 4.78 is 5.91. The van der Waals surface area contributed by atoms with Crippen molar-refractivity contribution in [2.45, 2.75) is 31.6 Å². The molecule has 1 aliphatic rings. The summed E-state index contributed by atoms with van der Waals surface area (Å²) in [6.07, 6.45) is 3.46. The van der Waals surface area contributed by atoms with Gasteiger partial charge in [0.15, 0.2) is 11.5 Å². The van der Waals surface area contributed by atoms with Crippen molar-refractivity contribution < 1.29 is 9.21 Å². The van der Waals surface area contributed by atoms with E-state index < -0.39 is 0 Å². The van der Waals surface area contributed by atoms with Crippen molar-refractivity contribution in [2.24, 2.45) is 0 Å². The Morgan fingerprint density at radius 3 is 3.04 bits per heavy atom. The van der Waals surface area contributed by atoms with Crippen LogP contribution in [-0.4, -0.2) is 28.9 Å². The molecular weight excluding hydrogens is 320 g/mol. The predicted molar refractivity (Wildman–Crippen MR) is 95.2 cm³/mol. The highest BCUT2D eigenvalue weighted by Crippen LogP contribution is 2.29. The number of oxazole rings is 1. The average Bonchev–Trinajstić information content (AvgIpc) is 3.29. The lowest BCUT2D eigenvalue weighted by molar-refractivity contribution is -0.132. The number of likely N-dealkylation sites (tertiary alicyclic amines) is 1. The molecule has 1 amide bonds. The fraction of sp³-hybridized carbons (Fsp3) is 0.368. The topological polar surface area (TPSA) is 46.3 Å². The van der Waals surface area contributed by atoms with Crippen molar-refractivity contribution in [3.63, 3.8) is 0 Å². The Morgan fingerprint density at radius 1 is 1.29 bits per heavy atom. The van der Waals surface area contributed by atoms with Crippen LogP contribution in [0.2, 0.25) is 0 Å². The summed E-state index contributed by atoms with van der Waals surface area (Å²) in [6.45, 7) is 1.57. The van der Waals surface area contributed by atoms with Crippen LogP contribution in [0.1, 0.15) is 35.9 Å². The first-order valence-electron chi connectivity index (χ1n) is 8.45. The second-order valence-electron chi connectivity index (χ2n) is 6.28. The number of aryl methyl sites for hydroxylation is 1. The molecule has 0 N–H and O–H groups in total. The van der Waals surface area contributed by atoms with E-state index >= 15 is 0 Å². The van der Waals surface area contributed by atoms with E-state index in [1.165, 1.54) is 4.88 Å². The first kappa shape index (κ1) is 15.4. The van der Waals surface area contributed by atoms with Gasteiger partial charge in [0.1, 0.15) is 5.52 Å². The molecule has 1 saturated heterocycles. The zero-order chi connectivity index (χ0) is 16.4. The second-order valence-corrected chi connectivity index (χ2v) is 7.31. The maximum absolute atomic E-state index is 12.5. The standard InChI is InChI=1S/C19H20N2O2S/c22-18(10-9-15-6-4-12-24-15)21-11-3-5-14(13-21)19-20-16-7-1-2-8-17(16)23-19/h1-2,4,6-8,12,14H,3,5,9-11,13H2. The molecule has 1 fully saturated rings. The molecule has 3 heterocycles. The average molecular weight is 340 g/mol. The Kier molecular flexibility index (Phi) is 4.34. The lowest BCUT2D eigenvalue weighted by atomic mass is 9.97. The molecule has 4 nitrogen and oxygen atoms in total. The number of fused-ring (bicyclic) bond motifs is 1. The van der Waals surface area contributed by atoms with E-state index in [0.717, 1.165) is 49.3 Å². The number of para-hydroxylation sites is 2. The van der Waals surface area contributed by atoms with Crippen LogP contribution in [0.4, 0.5) is 0 Å². The number of hydrogen-bond acceptors (Lipinski definition) is 4. The largest absolute Gasteiger partial charge is 0.440 e. The Balaban J connectivity index is 1.42. The van der Waals surface area contributed by atoms with Crippen molar-refractivity contribution in [1.82, 2.24) is 9.88 Å². The van der Waals surface area contributed by atoms with Crippen LogP contribution in [0.5, 0.6) is 0 Å². The monoisotopic (exact) mass is 340 g/mol. The number of aromatic nitrogens is 1. The van der Waals surface area contributed by atoms with Crippen molar-refractivity contribution in [3.8, 4) is 0 Å². The number of carbonyl (C=O) groups excluding carboxylic acids is 1. The first-order chi connectivity index (χ1) is 11.8. The summed E-state index contributed by atoms with van der Waals surface area (Å²) >= 11 is 1.72. The van der Waals surface area contributed by atoms with E-state index in [2.05, 4.69) is 16.4 Å².